The van der Waals surface area contributed by atoms with E-state index in [2.05, 4.69) is 9.71 Å². The van der Waals surface area contributed by atoms with E-state index in [1.54, 1.807) is 23.4 Å². The third-order valence-electron chi connectivity index (χ3n) is 2.26. The van der Waals surface area contributed by atoms with Gasteiger partial charge in [0.2, 0.25) is 0 Å². The van der Waals surface area contributed by atoms with Crippen LogP contribution in [0.3, 0.4) is 0 Å². The van der Waals surface area contributed by atoms with Crippen LogP contribution in [-0.2, 0) is 17.1 Å². The van der Waals surface area contributed by atoms with Gasteiger partial charge in [-0.2, -0.15) is 0 Å². The third kappa shape index (κ3) is 4.37. The van der Waals surface area contributed by atoms with E-state index in [1.807, 2.05) is 14.1 Å². The van der Waals surface area contributed by atoms with E-state index in [4.69, 9.17) is 0 Å². The van der Waals surface area contributed by atoms with Crippen molar-refractivity contribution in [1.82, 2.24) is 19.2 Å². The zero-order valence-electron chi connectivity index (χ0n) is 11.1. The van der Waals surface area contributed by atoms with Crippen molar-refractivity contribution in [2.75, 3.05) is 27.2 Å². The highest BCUT2D eigenvalue weighted by Gasteiger charge is 2.25. The fourth-order valence-electron chi connectivity index (χ4n) is 1.59. The summed E-state index contributed by atoms with van der Waals surface area (Å²) in [4.78, 5) is 5.56. The quantitative estimate of drug-likeness (QED) is 0.697. The Morgan fingerprint density at radius 3 is 2.61 bits per heavy atom. The van der Waals surface area contributed by atoms with E-state index in [-0.39, 0.29) is 11.6 Å². The van der Waals surface area contributed by atoms with Gasteiger partial charge in [0.15, 0.2) is 5.03 Å². The molecule has 1 aromatic rings. The monoisotopic (exact) mass is 276 g/mol. The molecule has 1 rings (SSSR count). The second-order valence-corrected chi connectivity index (χ2v) is 6.65. The molecule has 1 aromatic heterocycles. The highest BCUT2D eigenvalue weighted by Crippen LogP contribution is 2.07. The largest absolute Gasteiger partial charge is 0.387 e. The Bertz CT molecular complexity index is 493. The summed E-state index contributed by atoms with van der Waals surface area (Å²) in [6, 6.07) is 0. The first-order valence-electron chi connectivity index (χ1n) is 5.47. The molecule has 0 saturated heterocycles. The zero-order valence-corrected chi connectivity index (χ0v) is 11.9. The van der Waals surface area contributed by atoms with Gasteiger partial charge in [-0.05, 0) is 21.0 Å². The molecule has 0 bridgehead atoms. The summed E-state index contributed by atoms with van der Waals surface area (Å²) >= 11 is 0. The molecule has 1 unspecified atom stereocenters. The Labute approximate surface area is 107 Å². The van der Waals surface area contributed by atoms with Crippen LogP contribution in [-0.4, -0.2) is 60.8 Å². The van der Waals surface area contributed by atoms with Crippen molar-refractivity contribution in [2.45, 2.75) is 17.6 Å². The maximum Gasteiger partial charge on any atom is 0.259 e. The highest BCUT2D eigenvalue weighted by molar-refractivity contribution is 7.89. The van der Waals surface area contributed by atoms with E-state index in [9.17, 15) is 13.5 Å². The second-order valence-electron chi connectivity index (χ2n) is 4.94. The van der Waals surface area contributed by atoms with Crippen molar-refractivity contribution in [3.63, 3.8) is 0 Å². The predicted octanol–water partition coefficient (Wildman–Crippen LogP) is -0.989. The first kappa shape index (κ1) is 15.1. The molecule has 8 heteroatoms. The van der Waals surface area contributed by atoms with Gasteiger partial charge in [-0.3, -0.25) is 0 Å². The van der Waals surface area contributed by atoms with Gasteiger partial charge in [0.25, 0.3) is 10.0 Å². The van der Waals surface area contributed by atoms with Crippen molar-refractivity contribution in [1.29, 1.82) is 0 Å². The number of hydrogen-bond donors (Lipinski definition) is 2. The molecule has 0 spiro atoms. The van der Waals surface area contributed by atoms with Crippen molar-refractivity contribution >= 4 is 10.0 Å². The number of likely N-dealkylation sites (N-methyl/N-ethyl adjacent to an activating group) is 1. The van der Waals surface area contributed by atoms with Gasteiger partial charge in [-0.25, -0.2) is 18.1 Å². The molecule has 0 aliphatic heterocycles. The van der Waals surface area contributed by atoms with Gasteiger partial charge in [0.1, 0.15) is 0 Å². The van der Waals surface area contributed by atoms with Crippen molar-refractivity contribution < 1.29 is 13.5 Å². The average Bonchev–Trinajstić information content (AvgIpc) is 2.61. The lowest BCUT2D eigenvalue weighted by Crippen LogP contribution is -2.47. The number of imidazole rings is 1. The van der Waals surface area contributed by atoms with Gasteiger partial charge in [0, 0.05) is 26.3 Å². The molecule has 0 fully saturated rings. The number of rotatable bonds is 6. The Morgan fingerprint density at radius 2 is 2.17 bits per heavy atom. The fraction of sp³-hybridized carbons (Fsp3) is 0.700. The van der Waals surface area contributed by atoms with Crippen molar-refractivity contribution in [3.05, 3.63) is 12.5 Å². The summed E-state index contributed by atoms with van der Waals surface area (Å²) in [5.74, 6) is 0. The molecule has 0 aromatic carbocycles. The standard InChI is InChI=1S/C10H20N4O3S/c1-10(15,7-13(2)3)6-12-18(16,17)9-5-14(4)8-11-9/h5,8,12,15H,6-7H2,1-4H3. The minimum atomic E-state index is -3.67. The number of aryl methyl sites for hydroxylation is 1. The molecule has 1 atom stereocenters. The van der Waals surface area contributed by atoms with Crippen LogP contribution in [0, 0.1) is 0 Å². The number of aliphatic hydroxyl groups is 1. The van der Waals surface area contributed by atoms with E-state index < -0.39 is 15.6 Å². The average molecular weight is 276 g/mol. The summed E-state index contributed by atoms with van der Waals surface area (Å²) < 4.78 is 27.6. The van der Waals surface area contributed by atoms with Crippen LogP contribution in [0.25, 0.3) is 0 Å². The van der Waals surface area contributed by atoms with Crippen LogP contribution in [0.1, 0.15) is 6.92 Å². The number of nitrogens with zero attached hydrogens (tertiary/aromatic N) is 3. The Balaban J connectivity index is 2.68. The molecular formula is C10H20N4O3S. The maximum absolute atomic E-state index is 11.9. The normalized spacial score (nSPS) is 15.9. The summed E-state index contributed by atoms with van der Waals surface area (Å²) in [6.45, 7) is 1.87. The first-order chi connectivity index (χ1) is 8.12. The van der Waals surface area contributed by atoms with E-state index in [0.29, 0.717) is 6.54 Å². The molecule has 0 amide bonds. The van der Waals surface area contributed by atoms with Gasteiger partial charge in [0.05, 0.1) is 11.9 Å². The zero-order chi connectivity index (χ0) is 14.0. The fourth-order valence-corrected chi connectivity index (χ4v) is 2.73. The molecule has 2 N–H and O–H groups in total. The van der Waals surface area contributed by atoms with Crippen molar-refractivity contribution in [2.24, 2.45) is 7.05 Å². The number of hydrogen-bond acceptors (Lipinski definition) is 5. The summed E-state index contributed by atoms with van der Waals surface area (Å²) in [7, 11) is 1.63. The van der Waals surface area contributed by atoms with Crippen LogP contribution >= 0.6 is 0 Å². The maximum atomic E-state index is 11.9. The predicted molar refractivity (Wildman–Crippen MR) is 67.6 cm³/mol. The van der Waals surface area contributed by atoms with Crippen LogP contribution in [0.5, 0.6) is 0 Å². The molecule has 1 heterocycles. The minimum absolute atomic E-state index is 0.0503. The summed E-state index contributed by atoms with van der Waals surface area (Å²) in [6.07, 6.45) is 2.82. The summed E-state index contributed by atoms with van der Waals surface area (Å²) in [5.41, 5.74) is -1.13. The van der Waals surface area contributed by atoms with E-state index >= 15 is 0 Å². The number of nitrogens with one attached hydrogen (secondary N) is 1. The topological polar surface area (TPSA) is 87.5 Å². The van der Waals surface area contributed by atoms with Crippen LogP contribution < -0.4 is 4.72 Å². The smallest absolute Gasteiger partial charge is 0.259 e. The molecule has 0 saturated carbocycles. The molecule has 7 nitrogen and oxygen atoms in total. The molecule has 0 aliphatic carbocycles. The molecule has 104 valence electrons. The van der Waals surface area contributed by atoms with Gasteiger partial charge in [-0.15, -0.1) is 0 Å². The Morgan fingerprint density at radius 1 is 1.56 bits per heavy atom. The Hall–Kier alpha value is -0.960. The lowest BCUT2D eigenvalue weighted by Gasteiger charge is -2.26. The SMILES string of the molecule is CN(C)CC(C)(O)CNS(=O)(=O)c1cn(C)cn1. The van der Waals surface area contributed by atoms with Crippen LogP contribution in [0.2, 0.25) is 0 Å². The molecular weight excluding hydrogens is 256 g/mol. The second kappa shape index (κ2) is 5.35. The van der Waals surface area contributed by atoms with Crippen molar-refractivity contribution in [3.8, 4) is 0 Å². The molecule has 0 radical (unpaired) electrons. The van der Waals surface area contributed by atoms with Gasteiger partial charge in [-0.1, -0.05) is 0 Å². The Kier molecular flexibility index (Phi) is 4.49. The third-order valence-corrected chi connectivity index (χ3v) is 3.54. The van der Waals surface area contributed by atoms with Gasteiger partial charge < -0.3 is 14.6 Å². The lowest BCUT2D eigenvalue weighted by atomic mass is 10.1. The van der Waals surface area contributed by atoms with Crippen LogP contribution in [0.15, 0.2) is 17.6 Å². The summed E-state index contributed by atoms with van der Waals surface area (Å²) in [5, 5.41) is 9.96. The highest BCUT2D eigenvalue weighted by atomic mass is 32.2. The number of sulfonamides is 1. The van der Waals surface area contributed by atoms with E-state index in [0.717, 1.165) is 0 Å². The van der Waals surface area contributed by atoms with Crippen LogP contribution in [0.4, 0.5) is 0 Å². The van der Waals surface area contributed by atoms with Gasteiger partial charge >= 0.3 is 0 Å². The molecule has 18 heavy (non-hydrogen) atoms. The van der Waals surface area contributed by atoms with E-state index in [1.165, 1.54) is 12.5 Å². The minimum Gasteiger partial charge on any atom is -0.387 e. The number of aromatic nitrogens is 2. The first-order valence-corrected chi connectivity index (χ1v) is 6.95. The molecule has 0 aliphatic rings. The lowest BCUT2D eigenvalue weighted by molar-refractivity contribution is 0.0386.